The predicted molar refractivity (Wildman–Crippen MR) is 67.3 cm³/mol. The zero-order valence-corrected chi connectivity index (χ0v) is 10.4. The van der Waals surface area contributed by atoms with Crippen molar-refractivity contribution in [2.24, 2.45) is 0 Å². The first kappa shape index (κ1) is 12.1. The summed E-state index contributed by atoms with van der Waals surface area (Å²) in [6.45, 7) is 1.88. The topological polar surface area (TPSA) is 68.0 Å². The van der Waals surface area contributed by atoms with E-state index in [1.54, 1.807) is 19.2 Å². The quantitative estimate of drug-likeness (QED) is 0.648. The molecular weight excluding hydrogens is 238 g/mol. The minimum atomic E-state index is -0.592. The number of nitrogens with zero attached hydrogens (tertiary/aromatic N) is 3. The van der Waals surface area contributed by atoms with Gasteiger partial charge in [0.25, 0.3) is 5.56 Å². The minimum Gasteiger partial charge on any atom is -0.392 e. The van der Waals surface area contributed by atoms with Gasteiger partial charge in [-0.15, -0.1) is 0 Å². The van der Waals surface area contributed by atoms with E-state index in [9.17, 15) is 9.90 Å². The molecule has 0 aliphatic carbocycles. The Hall–Kier alpha value is -1.40. The Balaban J connectivity index is 2.68. The van der Waals surface area contributed by atoms with Crippen molar-refractivity contribution in [3.05, 3.63) is 28.7 Å². The van der Waals surface area contributed by atoms with Crippen molar-refractivity contribution in [1.29, 1.82) is 0 Å². The van der Waals surface area contributed by atoms with Gasteiger partial charge in [-0.2, -0.15) is 0 Å². The molecule has 0 spiro atoms. The van der Waals surface area contributed by atoms with Crippen LogP contribution in [-0.4, -0.2) is 32.0 Å². The number of hydrogen-bond acceptors (Lipinski definition) is 5. The molecule has 1 atom stereocenters. The summed E-state index contributed by atoms with van der Waals surface area (Å²) in [6, 6.07) is 3.16. The standard InChI is InChI=1S/C11H13N3O2S/c1-7(15)6-14-9(16)4-3-8-5-12-11(17-2)13-10(8)14/h3-5,7,15H,6H2,1-2H3/t7-/m0/s1. The third-order valence-corrected chi connectivity index (χ3v) is 2.89. The van der Waals surface area contributed by atoms with Gasteiger partial charge in [0.1, 0.15) is 5.65 Å². The molecule has 0 saturated heterocycles. The fraction of sp³-hybridized carbons (Fsp3) is 0.364. The second kappa shape index (κ2) is 4.85. The van der Waals surface area contributed by atoms with Gasteiger partial charge in [0, 0.05) is 17.6 Å². The van der Waals surface area contributed by atoms with Gasteiger partial charge >= 0.3 is 0 Å². The van der Waals surface area contributed by atoms with Gasteiger partial charge in [0.05, 0.1) is 12.6 Å². The van der Waals surface area contributed by atoms with E-state index < -0.39 is 6.10 Å². The Bertz CT molecular complexity index is 595. The maximum Gasteiger partial charge on any atom is 0.252 e. The summed E-state index contributed by atoms with van der Waals surface area (Å²) in [6.07, 6.45) is 2.97. The van der Waals surface area contributed by atoms with Crippen LogP contribution in [0.3, 0.4) is 0 Å². The molecule has 2 rings (SSSR count). The van der Waals surface area contributed by atoms with Crippen LogP contribution in [-0.2, 0) is 6.54 Å². The van der Waals surface area contributed by atoms with E-state index in [1.165, 1.54) is 22.4 Å². The molecule has 0 saturated carbocycles. The van der Waals surface area contributed by atoms with E-state index in [-0.39, 0.29) is 12.1 Å². The lowest BCUT2D eigenvalue weighted by Crippen LogP contribution is -2.25. The lowest BCUT2D eigenvalue weighted by atomic mass is 10.3. The Morgan fingerprint density at radius 3 is 2.94 bits per heavy atom. The van der Waals surface area contributed by atoms with Crippen LogP contribution in [0.25, 0.3) is 11.0 Å². The zero-order valence-electron chi connectivity index (χ0n) is 9.62. The first-order chi connectivity index (χ1) is 8.11. The number of rotatable bonds is 3. The highest BCUT2D eigenvalue weighted by Crippen LogP contribution is 2.13. The molecule has 0 bridgehead atoms. The van der Waals surface area contributed by atoms with Crippen LogP contribution in [0, 0.1) is 0 Å². The summed E-state index contributed by atoms with van der Waals surface area (Å²) in [4.78, 5) is 20.2. The predicted octanol–water partition coefficient (Wildman–Crippen LogP) is 0.894. The Morgan fingerprint density at radius 1 is 1.53 bits per heavy atom. The van der Waals surface area contributed by atoms with Crippen LogP contribution >= 0.6 is 11.8 Å². The number of aliphatic hydroxyl groups excluding tert-OH is 1. The summed E-state index contributed by atoms with van der Waals surface area (Å²) in [7, 11) is 0. The van der Waals surface area contributed by atoms with Crippen molar-refractivity contribution in [1.82, 2.24) is 14.5 Å². The summed E-state index contributed by atoms with van der Waals surface area (Å²) >= 11 is 1.42. The van der Waals surface area contributed by atoms with Gasteiger partial charge in [-0.1, -0.05) is 11.8 Å². The second-order valence-corrected chi connectivity index (χ2v) is 4.54. The molecule has 2 aromatic rings. The maximum atomic E-state index is 11.8. The molecule has 5 nitrogen and oxygen atoms in total. The molecule has 6 heteroatoms. The monoisotopic (exact) mass is 251 g/mol. The molecule has 2 aromatic heterocycles. The SMILES string of the molecule is CSc1ncc2ccc(=O)n(C[C@H](C)O)c2n1. The molecule has 0 fully saturated rings. The van der Waals surface area contributed by atoms with Crippen molar-refractivity contribution in [3.63, 3.8) is 0 Å². The largest absolute Gasteiger partial charge is 0.392 e. The van der Waals surface area contributed by atoms with Crippen molar-refractivity contribution >= 4 is 22.8 Å². The highest BCUT2D eigenvalue weighted by atomic mass is 32.2. The molecule has 1 N–H and O–H groups in total. The van der Waals surface area contributed by atoms with Crippen molar-refractivity contribution in [3.8, 4) is 0 Å². The Morgan fingerprint density at radius 2 is 2.29 bits per heavy atom. The number of aliphatic hydroxyl groups is 1. The van der Waals surface area contributed by atoms with Crippen molar-refractivity contribution < 1.29 is 5.11 Å². The van der Waals surface area contributed by atoms with Crippen LogP contribution in [0.4, 0.5) is 0 Å². The smallest absolute Gasteiger partial charge is 0.252 e. The second-order valence-electron chi connectivity index (χ2n) is 3.77. The zero-order chi connectivity index (χ0) is 12.4. The van der Waals surface area contributed by atoms with E-state index in [1.807, 2.05) is 6.26 Å². The highest BCUT2D eigenvalue weighted by Gasteiger charge is 2.08. The van der Waals surface area contributed by atoms with Crippen LogP contribution in [0.1, 0.15) is 6.92 Å². The number of pyridine rings is 1. The van der Waals surface area contributed by atoms with Gasteiger partial charge < -0.3 is 5.11 Å². The summed E-state index contributed by atoms with van der Waals surface area (Å²) in [5.74, 6) is 0. The van der Waals surface area contributed by atoms with Gasteiger partial charge in [0.2, 0.25) is 0 Å². The number of fused-ring (bicyclic) bond motifs is 1. The van der Waals surface area contributed by atoms with Crippen LogP contribution in [0.2, 0.25) is 0 Å². The average Bonchev–Trinajstić information content (AvgIpc) is 2.32. The summed E-state index contributed by atoms with van der Waals surface area (Å²) in [5, 5.41) is 10.8. The third kappa shape index (κ3) is 2.48. The van der Waals surface area contributed by atoms with Gasteiger partial charge in [0.15, 0.2) is 5.16 Å². The fourth-order valence-corrected chi connectivity index (χ4v) is 1.93. The molecule has 0 aliphatic rings. The average molecular weight is 251 g/mol. The normalized spacial score (nSPS) is 12.9. The van der Waals surface area contributed by atoms with Crippen molar-refractivity contribution in [2.75, 3.05) is 6.26 Å². The molecular formula is C11H13N3O2S. The maximum absolute atomic E-state index is 11.8. The van der Waals surface area contributed by atoms with E-state index >= 15 is 0 Å². The van der Waals surface area contributed by atoms with E-state index in [4.69, 9.17) is 0 Å². The Labute approximate surface area is 103 Å². The van der Waals surface area contributed by atoms with E-state index in [2.05, 4.69) is 9.97 Å². The van der Waals surface area contributed by atoms with Crippen LogP contribution < -0.4 is 5.56 Å². The molecule has 0 unspecified atom stereocenters. The third-order valence-electron chi connectivity index (χ3n) is 2.33. The molecule has 0 radical (unpaired) electrons. The van der Waals surface area contributed by atoms with Gasteiger partial charge in [-0.05, 0) is 19.2 Å². The lowest BCUT2D eigenvalue weighted by Gasteiger charge is -2.10. The molecule has 90 valence electrons. The number of thioether (sulfide) groups is 1. The van der Waals surface area contributed by atoms with Crippen LogP contribution in [0.5, 0.6) is 0 Å². The molecule has 0 aromatic carbocycles. The Kier molecular flexibility index (Phi) is 3.44. The van der Waals surface area contributed by atoms with Crippen molar-refractivity contribution in [2.45, 2.75) is 24.7 Å². The first-order valence-electron chi connectivity index (χ1n) is 5.20. The fourth-order valence-electron chi connectivity index (χ4n) is 1.59. The summed E-state index contributed by atoms with van der Waals surface area (Å²) < 4.78 is 1.47. The van der Waals surface area contributed by atoms with Gasteiger partial charge in [-0.3, -0.25) is 9.36 Å². The number of aromatic nitrogens is 3. The molecule has 0 amide bonds. The molecule has 0 aliphatic heterocycles. The first-order valence-corrected chi connectivity index (χ1v) is 6.43. The van der Waals surface area contributed by atoms with E-state index in [0.29, 0.717) is 10.8 Å². The lowest BCUT2D eigenvalue weighted by molar-refractivity contribution is 0.173. The number of hydrogen-bond donors (Lipinski definition) is 1. The summed E-state index contributed by atoms with van der Waals surface area (Å²) in [5.41, 5.74) is 0.405. The highest BCUT2D eigenvalue weighted by molar-refractivity contribution is 7.98. The van der Waals surface area contributed by atoms with Gasteiger partial charge in [-0.25, -0.2) is 9.97 Å². The minimum absolute atomic E-state index is 0.163. The molecule has 2 heterocycles. The van der Waals surface area contributed by atoms with E-state index in [0.717, 1.165) is 5.39 Å². The molecule has 17 heavy (non-hydrogen) atoms. The van der Waals surface area contributed by atoms with Crippen LogP contribution in [0.15, 0.2) is 28.3 Å².